The van der Waals surface area contributed by atoms with Crippen molar-refractivity contribution in [3.05, 3.63) is 29.8 Å². The van der Waals surface area contributed by atoms with Crippen molar-refractivity contribution in [3.63, 3.8) is 0 Å². The van der Waals surface area contributed by atoms with Crippen LogP contribution in [0.4, 0.5) is 4.39 Å². The Morgan fingerprint density at radius 3 is 3.06 bits per heavy atom. The van der Waals surface area contributed by atoms with Crippen molar-refractivity contribution < 1.29 is 14.3 Å². The zero-order chi connectivity index (χ0) is 11.7. The SMILES string of the molecule is NC(CC(=O)O)c1cc2cc(F)cnc2[nH]1. The van der Waals surface area contributed by atoms with Gasteiger partial charge in [-0.1, -0.05) is 0 Å². The highest BCUT2D eigenvalue weighted by Crippen LogP contribution is 2.19. The van der Waals surface area contributed by atoms with E-state index in [-0.39, 0.29) is 6.42 Å². The molecule has 2 aromatic heterocycles. The lowest BCUT2D eigenvalue weighted by Crippen LogP contribution is -2.15. The van der Waals surface area contributed by atoms with Crippen LogP contribution in [0.5, 0.6) is 0 Å². The summed E-state index contributed by atoms with van der Waals surface area (Å²) in [6.07, 6.45) is 0.903. The molecular weight excluding hydrogens is 213 g/mol. The largest absolute Gasteiger partial charge is 0.481 e. The summed E-state index contributed by atoms with van der Waals surface area (Å²) in [4.78, 5) is 17.2. The van der Waals surface area contributed by atoms with Gasteiger partial charge >= 0.3 is 5.97 Å². The van der Waals surface area contributed by atoms with Gasteiger partial charge in [0.2, 0.25) is 0 Å². The smallest absolute Gasteiger partial charge is 0.305 e. The Kier molecular flexibility index (Phi) is 2.57. The van der Waals surface area contributed by atoms with E-state index < -0.39 is 17.8 Å². The molecule has 0 aliphatic heterocycles. The summed E-state index contributed by atoms with van der Waals surface area (Å²) in [5.74, 6) is -1.42. The quantitative estimate of drug-likeness (QED) is 0.728. The number of fused-ring (bicyclic) bond motifs is 1. The van der Waals surface area contributed by atoms with Gasteiger partial charge < -0.3 is 15.8 Å². The Morgan fingerprint density at radius 2 is 2.38 bits per heavy atom. The van der Waals surface area contributed by atoms with E-state index in [4.69, 9.17) is 10.8 Å². The second-order valence-electron chi connectivity index (χ2n) is 3.52. The van der Waals surface area contributed by atoms with Gasteiger partial charge in [0, 0.05) is 11.1 Å². The topological polar surface area (TPSA) is 92.0 Å². The number of carboxylic acid groups (broad SMARTS) is 1. The molecule has 2 aromatic rings. The molecule has 0 aromatic carbocycles. The van der Waals surface area contributed by atoms with Crippen LogP contribution in [-0.4, -0.2) is 21.0 Å². The lowest BCUT2D eigenvalue weighted by atomic mass is 10.1. The number of H-pyrrole nitrogens is 1. The fourth-order valence-corrected chi connectivity index (χ4v) is 1.51. The van der Waals surface area contributed by atoms with Crippen LogP contribution in [0.3, 0.4) is 0 Å². The van der Waals surface area contributed by atoms with Gasteiger partial charge in [0.15, 0.2) is 0 Å². The lowest BCUT2D eigenvalue weighted by Gasteiger charge is -2.04. The third-order valence-electron chi connectivity index (χ3n) is 2.25. The first-order chi connectivity index (χ1) is 7.56. The highest BCUT2D eigenvalue weighted by molar-refractivity contribution is 5.77. The molecule has 2 heterocycles. The molecule has 84 valence electrons. The van der Waals surface area contributed by atoms with Gasteiger partial charge in [0.25, 0.3) is 0 Å². The molecule has 5 nitrogen and oxygen atoms in total. The molecule has 0 spiro atoms. The Hall–Kier alpha value is -1.95. The summed E-state index contributed by atoms with van der Waals surface area (Å²) < 4.78 is 12.9. The third kappa shape index (κ3) is 2.01. The van der Waals surface area contributed by atoms with Crippen molar-refractivity contribution in [2.75, 3.05) is 0 Å². The van der Waals surface area contributed by atoms with Crippen LogP contribution < -0.4 is 5.73 Å². The Bertz CT molecular complexity index is 538. The number of carboxylic acids is 1. The number of hydrogen-bond acceptors (Lipinski definition) is 3. The van der Waals surface area contributed by atoms with E-state index in [9.17, 15) is 9.18 Å². The number of nitrogens with one attached hydrogen (secondary N) is 1. The summed E-state index contributed by atoms with van der Waals surface area (Å²) >= 11 is 0. The fraction of sp³-hybridized carbons (Fsp3) is 0.200. The van der Waals surface area contributed by atoms with Crippen LogP contribution in [-0.2, 0) is 4.79 Å². The van der Waals surface area contributed by atoms with Gasteiger partial charge in [0.05, 0.1) is 18.7 Å². The number of aliphatic carboxylic acids is 1. The number of halogens is 1. The molecule has 16 heavy (non-hydrogen) atoms. The molecule has 0 bridgehead atoms. The predicted octanol–water partition coefficient (Wildman–Crippen LogP) is 1.18. The van der Waals surface area contributed by atoms with Crippen molar-refractivity contribution >= 4 is 17.0 Å². The van der Waals surface area contributed by atoms with E-state index in [2.05, 4.69) is 9.97 Å². The second-order valence-corrected chi connectivity index (χ2v) is 3.52. The van der Waals surface area contributed by atoms with Crippen LogP contribution in [0, 0.1) is 5.82 Å². The molecule has 0 radical (unpaired) electrons. The average Bonchev–Trinajstić information content (AvgIpc) is 2.59. The van der Waals surface area contributed by atoms with Gasteiger partial charge in [-0.3, -0.25) is 4.79 Å². The molecule has 0 amide bonds. The van der Waals surface area contributed by atoms with E-state index in [1.165, 1.54) is 6.07 Å². The maximum Gasteiger partial charge on any atom is 0.305 e. The third-order valence-corrected chi connectivity index (χ3v) is 2.25. The highest BCUT2D eigenvalue weighted by atomic mass is 19.1. The summed E-state index contributed by atoms with van der Waals surface area (Å²) in [6, 6.07) is 2.28. The van der Waals surface area contributed by atoms with Crippen molar-refractivity contribution in [2.24, 2.45) is 5.73 Å². The maximum atomic E-state index is 12.9. The van der Waals surface area contributed by atoms with E-state index >= 15 is 0 Å². The number of rotatable bonds is 3. The maximum absolute atomic E-state index is 12.9. The minimum absolute atomic E-state index is 0.185. The van der Waals surface area contributed by atoms with Crippen molar-refractivity contribution in [2.45, 2.75) is 12.5 Å². The minimum Gasteiger partial charge on any atom is -0.481 e. The van der Waals surface area contributed by atoms with Crippen LogP contribution >= 0.6 is 0 Å². The summed E-state index contributed by atoms with van der Waals surface area (Å²) in [6.45, 7) is 0. The first-order valence-corrected chi connectivity index (χ1v) is 4.68. The van der Waals surface area contributed by atoms with Gasteiger partial charge in [-0.2, -0.15) is 0 Å². The van der Waals surface area contributed by atoms with Crippen molar-refractivity contribution in [3.8, 4) is 0 Å². The van der Waals surface area contributed by atoms with Crippen LogP contribution in [0.25, 0.3) is 11.0 Å². The van der Waals surface area contributed by atoms with Gasteiger partial charge in [-0.15, -0.1) is 0 Å². The normalized spacial score (nSPS) is 12.9. The highest BCUT2D eigenvalue weighted by Gasteiger charge is 2.13. The van der Waals surface area contributed by atoms with E-state index in [0.717, 1.165) is 6.20 Å². The molecule has 2 rings (SSSR count). The molecule has 0 saturated carbocycles. The molecule has 4 N–H and O–H groups in total. The summed E-state index contributed by atoms with van der Waals surface area (Å²) in [7, 11) is 0. The van der Waals surface area contributed by atoms with Gasteiger partial charge in [-0.05, 0) is 12.1 Å². The van der Waals surface area contributed by atoms with Crippen molar-refractivity contribution in [1.82, 2.24) is 9.97 Å². The monoisotopic (exact) mass is 223 g/mol. The van der Waals surface area contributed by atoms with Crippen LogP contribution in [0.2, 0.25) is 0 Å². The zero-order valence-electron chi connectivity index (χ0n) is 8.27. The molecule has 1 unspecified atom stereocenters. The summed E-state index contributed by atoms with van der Waals surface area (Å²) in [5.41, 5.74) is 6.70. The van der Waals surface area contributed by atoms with Crippen molar-refractivity contribution in [1.29, 1.82) is 0 Å². The molecule has 0 saturated heterocycles. The first-order valence-electron chi connectivity index (χ1n) is 4.68. The Balaban J connectivity index is 2.35. The van der Waals surface area contributed by atoms with E-state index in [1.807, 2.05) is 0 Å². The Morgan fingerprint density at radius 1 is 1.62 bits per heavy atom. The second kappa shape index (κ2) is 3.90. The Labute approximate surface area is 90.1 Å². The molecule has 6 heteroatoms. The summed E-state index contributed by atoms with van der Waals surface area (Å²) in [5, 5.41) is 9.17. The first kappa shape index (κ1) is 10.6. The molecular formula is C10H10FN3O2. The molecule has 0 aliphatic rings. The number of aromatic nitrogens is 2. The molecule has 0 aliphatic carbocycles. The van der Waals surface area contributed by atoms with Crippen LogP contribution in [0.1, 0.15) is 18.2 Å². The number of aromatic amines is 1. The number of nitrogens with zero attached hydrogens (tertiary/aromatic N) is 1. The van der Waals surface area contributed by atoms with Crippen LogP contribution in [0.15, 0.2) is 18.3 Å². The van der Waals surface area contributed by atoms with Gasteiger partial charge in [-0.25, -0.2) is 9.37 Å². The average molecular weight is 223 g/mol. The fourth-order valence-electron chi connectivity index (χ4n) is 1.51. The van der Waals surface area contributed by atoms with E-state index in [1.54, 1.807) is 6.07 Å². The number of pyridine rings is 1. The number of hydrogen-bond donors (Lipinski definition) is 3. The number of nitrogens with two attached hydrogens (primary N) is 1. The molecule has 0 fully saturated rings. The zero-order valence-corrected chi connectivity index (χ0v) is 8.27. The minimum atomic E-state index is -0.981. The number of carbonyl (C=O) groups is 1. The standard InChI is InChI=1S/C10H10FN3O2/c11-6-1-5-2-8(7(12)3-9(15)16)14-10(5)13-4-6/h1-2,4,7H,3,12H2,(H,13,14)(H,15,16). The molecule has 1 atom stereocenters. The predicted molar refractivity (Wildman–Crippen MR) is 55.2 cm³/mol. The lowest BCUT2D eigenvalue weighted by molar-refractivity contribution is -0.137. The van der Waals surface area contributed by atoms with E-state index in [0.29, 0.717) is 16.7 Å². The van der Waals surface area contributed by atoms with Gasteiger partial charge in [0.1, 0.15) is 11.5 Å².